The van der Waals surface area contributed by atoms with E-state index in [2.05, 4.69) is 15.2 Å². The van der Waals surface area contributed by atoms with Crippen LogP contribution in [0.2, 0.25) is 0 Å². The Morgan fingerprint density at radius 2 is 2.05 bits per heavy atom. The number of H-pyrrole nitrogens is 2. The van der Waals surface area contributed by atoms with Gasteiger partial charge in [-0.15, -0.1) is 0 Å². The van der Waals surface area contributed by atoms with Gasteiger partial charge in [-0.05, 0) is 31.5 Å². The molecular weight excluding hydrogens is 242 g/mol. The van der Waals surface area contributed by atoms with Crippen LogP contribution in [0.15, 0.2) is 24.3 Å². The highest BCUT2D eigenvalue weighted by Gasteiger charge is 2.12. The highest BCUT2D eigenvalue weighted by molar-refractivity contribution is 5.95. The zero-order chi connectivity index (χ0) is 13.6. The lowest BCUT2D eigenvalue weighted by Gasteiger charge is -2.01. The van der Waals surface area contributed by atoms with Gasteiger partial charge in [0.2, 0.25) is 0 Å². The minimum atomic E-state index is -0.951. The van der Waals surface area contributed by atoms with Crippen molar-refractivity contribution >= 4 is 16.9 Å². The van der Waals surface area contributed by atoms with Gasteiger partial charge in [0, 0.05) is 22.2 Å². The zero-order valence-electron chi connectivity index (χ0n) is 10.6. The van der Waals surface area contributed by atoms with Crippen molar-refractivity contribution in [3.63, 3.8) is 0 Å². The molecule has 0 saturated carbocycles. The number of fused-ring (bicyclic) bond motifs is 1. The summed E-state index contributed by atoms with van der Waals surface area (Å²) >= 11 is 0. The van der Waals surface area contributed by atoms with Crippen LogP contribution < -0.4 is 0 Å². The van der Waals surface area contributed by atoms with E-state index >= 15 is 0 Å². The molecule has 0 fully saturated rings. The topological polar surface area (TPSA) is 81.8 Å². The van der Waals surface area contributed by atoms with Crippen molar-refractivity contribution in [3.05, 3.63) is 41.3 Å². The number of carbonyl (C=O) groups is 1. The Bertz CT molecular complexity index is 764. The number of aromatic nitrogens is 3. The number of aromatic amines is 2. The van der Waals surface area contributed by atoms with Crippen molar-refractivity contribution < 1.29 is 9.90 Å². The Balaban J connectivity index is 2.19. The van der Waals surface area contributed by atoms with Crippen molar-refractivity contribution in [3.8, 4) is 11.1 Å². The van der Waals surface area contributed by atoms with Crippen LogP contribution in [0.5, 0.6) is 0 Å². The maximum absolute atomic E-state index is 10.9. The molecule has 0 spiro atoms. The second-order valence-electron chi connectivity index (χ2n) is 4.60. The molecule has 0 aliphatic carbocycles. The van der Waals surface area contributed by atoms with E-state index in [1.165, 1.54) is 0 Å². The van der Waals surface area contributed by atoms with Crippen molar-refractivity contribution in [1.29, 1.82) is 0 Å². The van der Waals surface area contributed by atoms with Crippen molar-refractivity contribution in [2.24, 2.45) is 0 Å². The Morgan fingerprint density at radius 3 is 2.68 bits per heavy atom. The lowest BCUT2D eigenvalue weighted by Crippen LogP contribution is -1.94. The molecule has 5 heteroatoms. The SMILES string of the molecule is Cc1n[nH]c(C)c1-c1ccc2cc(C(=O)O)[nH]c2c1. The molecule has 3 rings (SSSR count). The van der Waals surface area contributed by atoms with Gasteiger partial charge in [0.15, 0.2) is 0 Å². The molecule has 0 unspecified atom stereocenters. The number of nitrogens with zero attached hydrogens (tertiary/aromatic N) is 1. The number of aromatic carboxylic acids is 1. The minimum absolute atomic E-state index is 0.202. The predicted molar refractivity (Wildman–Crippen MR) is 72.3 cm³/mol. The third-order valence-corrected chi connectivity index (χ3v) is 3.27. The van der Waals surface area contributed by atoms with E-state index in [9.17, 15) is 4.79 Å². The van der Waals surface area contributed by atoms with E-state index in [1.54, 1.807) is 6.07 Å². The van der Waals surface area contributed by atoms with Gasteiger partial charge >= 0.3 is 5.97 Å². The van der Waals surface area contributed by atoms with Crippen LogP contribution in [0.3, 0.4) is 0 Å². The molecule has 3 aromatic rings. The summed E-state index contributed by atoms with van der Waals surface area (Å²) in [4.78, 5) is 13.9. The maximum atomic E-state index is 10.9. The average Bonchev–Trinajstić information content (AvgIpc) is 2.92. The van der Waals surface area contributed by atoms with Gasteiger partial charge in [0.1, 0.15) is 5.69 Å². The molecule has 0 radical (unpaired) electrons. The molecule has 2 heterocycles. The van der Waals surface area contributed by atoms with E-state index in [0.717, 1.165) is 33.4 Å². The standard InChI is InChI=1S/C14H13N3O2/c1-7-13(8(2)17-16-7)10-4-3-9-5-12(14(18)19)15-11(9)6-10/h3-6,15H,1-2H3,(H,16,17)(H,18,19). The fourth-order valence-electron chi connectivity index (χ4n) is 2.37. The summed E-state index contributed by atoms with van der Waals surface area (Å²) in [5, 5.41) is 17.0. The molecule has 1 aromatic carbocycles. The molecule has 19 heavy (non-hydrogen) atoms. The first-order valence-corrected chi connectivity index (χ1v) is 5.94. The molecule has 5 nitrogen and oxygen atoms in total. The Hall–Kier alpha value is -2.56. The Morgan fingerprint density at radius 1 is 1.26 bits per heavy atom. The summed E-state index contributed by atoms with van der Waals surface area (Å²) in [5.74, 6) is -0.951. The first-order chi connectivity index (χ1) is 9.06. The molecule has 0 amide bonds. The number of carboxylic acids is 1. The van der Waals surface area contributed by atoms with Gasteiger partial charge in [-0.1, -0.05) is 12.1 Å². The average molecular weight is 255 g/mol. The number of rotatable bonds is 2. The van der Waals surface area contributed by atoms with Crippen molar-refractivity contribution in [2.75, 3.05) is 0 Å². The monoisotopic (exact) mass is 255 g/mol. The quantitative estimate of drug-likeness (QED) is 0.658. The van der Waals surface area contributed by atoms with Crippen LogP contribution in [-0.2, 0) is 0 Å². The normalized spacial score (nSPS) is 11.1. The molecule has 3 N–H and O–H groups in total. The highest BCUT2D eigenvalue weighted by atomic mass is 16.4. The highest BCUT2D eigenvalue weighted by Crippen LogP contribution is 2.28. The number of carboxylic acid groups (broad SMARTS) is 1. The van der Waals surface area contributed by atoms with Crippen molar-refractivity contribution in [1.82, 2.24) is 15.2 Å². The summed E-state index contributed by atoms with van der Waals surface area (Å²) in [6.45, 7) is 3.91. The van der Waals surface area contributed by atoms with Gasteiger partial charge in [-0.2, -0.15) is 5.10 Å². The summed E-state index contributed by atoms with van der Waals surface area (Å²) < 4.78 is 0. The summed E-state index contributed by atoms with van der Waals surface area (Å²) in [6, 6.07) is 7.48. The number of hydrogen-bond donors (Lipinski definition) is 3. The van der Waals surface area contributed by atoms with Crippen molar-refractivity contribution in [2.45, 2.75) is 13.8 Å². The Labute approximate surface area is 109 Å². The second kappa shape index (κ2) is 3.98. The van der Waals surface area contributed by atoms with Gasteiger partial charge in [0.25, 0.3) is 0 Å². The van der Waals surface area contributed by atoms with Gasteiger partial charge < -0.3 is 10.1 Å². The first kappa shape index (κ1) is 11.5. The van der Waals surface area contributed by atoms with E-state index < -0.39 is 5.97 Å². The van der Waals surface area contributed by atoms with Gasteiger partial charge in [-0.25, -0.2) is 4.79 Å². The predicted octanol–water partition coefficient (Wildman–Crippen LogP) is 2.87. The Kier molecular flexibility index (Phi) is 2.41. The van der Waals surface area contributed by atoms with Crippen LogP contribution in [0.4, 0.5) is 0 Å². The van der Waals surface area contributed by atoms with Crippen LogP contribution in [0.1, 0.15) is 21.9 Å². The van der Waals surface area contributed by atoms with Gasteiger partial charge in [0.05, 0.1) is 5.69 Å². The second-order valence-corrected chi connectivity index (χ2v) is 4.60. The van der Waals surface area contributed by atoms with Crippen LogP contribution in [0.25, 0.3) is 22.0 Å². The van der Waals surface area contributed by atoms with Crippen LogP contribution in [-0.4, -0.2) is 26.3 Å². The third kappa shape index (κ3) is 1.79. The molecule has 96 valence electrons. The molecular formula is C14H13N3O2. The molecule has 2 aromatic heterocycles. The minimum Gasteiger partial charge on any atom is -0.477 e. The molecule has 0 saturated heterocycles. The van der Waals surface area contributed by atoms with E-state index in [0.29, 0.717) is 0 Å². The van der Waals surface area contributed by atoms with E-state index in [-0.39, 0.29) is 5.69 Å². The number of hydrogen-bond acceptors (Lipinski definition) is 2. The number of nitrogens with one attached hydrogen (secondary N) is 2. The third-order valence-electron chi connectivity index (χ3n) is 3.27. The number of benzene rings is 1. The summed E-state index contributed by atoms with van der Waals surface area (Å²) in [6.07, 6.45) is 0. The largest absolute Gasteiger partial charge is 0.477 e. The zero-order valence-corrected chi connectivity index (χ0v) is 10.6. The van der Waals surface area contributed by atoms with Crippen LogP contribution in [0, 0.1) is 13.8 Å². The smallest absolute Gasteiger partial charge is 0.352 e. The number of aryl methyl sites for hydroxylation is 2. The fraction of sp³-hybridized carbons (Fsp3) is 0.143. The van der Waals surface area contributed by atoms with Gasteiger partial charge in [-0.3, -0.25) is 5.10 Å². The molecule has 0 aliphatic heterocycles. The fourth-order valence-corrected chi connectivity index (χ4v) is 2.37. The van der Waals surface area contributed by atoms with E-state index in [4.69, 9.17) is 5.11 Å². The van der Waals surface area contributed by atoms with E-state index in [1.807, 2.05) is 32.0 Å². The first-order valence-electron chi connectivity index (χ1n) is 5.94. The lowest BCUT2D eigenvalue weighted by atomic mass is 10.0. The summed E-state index contributed by atoms with van der Waals surface area (Å²) in [7, 11) is 0. The van der Waals surface area contributed by atoms with Crippen LogP contribution >= 0.6 is 0 Å². The summed E-state index contributed by atoms with van der Waals surface area (Å²) in [5.41, 5.74) is 5.04. The molecule has 0 bridgehead atoms. The molecule has 0 atom stereocenters. The maximum Gasteiger partial charge on any atom is 0.352 e. The lowest BCUT2D eigenvalue weighted by molar-refractivity contribution is 0.0691. The molecule has 0 aliphatic rings.